The highest BCUT2D eigenvalue weighted by molar-refractivity contribution is 8.01. The molecule has 0 aliphatic carbocycles. The lowest BCUT2D eigenvalue weighted by molar-refractivity contribution is -0.171. The zero-order valence-corrected chi connectivity index (χ0v) is 26.6. The number of carbonyl (C=O) groups is 7. The van der Waals surface area contributed by atoms with E-state index in [2.05, 4.69) is 26.2 Å². The number of carboxylic acid groups (broad SMARTS) is 2. The Balaban J connectivity index is 1.35. The number of carbonyl (C=O) groups excluding carboxylic acids is 5. The predicted octanol–water partition coefficient (Wildman–Crippen LogP) is -1.96. The zero-order valence-electron chi connectivity index (χ0n) is 24.9. The van der Waals surface area contributed by atoms with Gasteiger partial charge in [0.1, 0.15) is 23.7 Å². The van der Waals surface area contributed by atoms with Gasteiger partial charge in [0, 0.05) is 31.1 Å². The highest BCUT2D eigenvalue weighted by atomic mass is 32.2. The van der Waals surface area contributed by atoms with Crippen molar-refractivity contribution in [3.63, 3.8) is 0 Å². The van der Waals surface area contributed by atoms with Gasteiger partial charge < -0.3 is 31.0 Å². The molecule has 4 heterocycles. The van der Waals surface area contributed by atoms with E-state index >= 15 is 0 Å². The van der Waals surface area contributed by atoms with Gasteiger partial charge in [-0.25, -0.2) is 14.3 Å². The van der Waals surface area contributed by atoms with Crippen LogP contribution in [0.3, 0.4) is 0 Å². The minimum atomic E-state index is -2.22. The molecule has 5 rings (SSSR count). The van der Waals surface area contributed by atoms with Crippen molar-refractivity contribution in [2.24, 2.45) is 0 Å². The molecule has 254 valence electrons. The number of urea groups is 1. The number of amides is 6. The first-order valence-electron chi connectivity index (χ1n) is 14.1. The number of fused-ring (bicyclic) bond motifs is 1. The number of likely N-dealkylation sites (N-methyl/N-ethyl adjacent to an activating group) is 1. The van der Waals surface area contributed by atoms with Gasteiger partial charge in [-0.1, -0.05) is 42.1 Å². The second kappa shape index (κ2) is 14.0. The summed E-state index contributed by atoms with van der Waals surface area (Å²) >= 11 is 1.97. The molecule has 6 amide bonds. The third kappa shape index (κ3) is 6.28. The first kappa shape index (κ1) is 34.3. The monoisotopic (exact) mass is 704 g/mol. The van der Waals surface area contributed by atoms with E-state index in [1.807, 2.05) is 5.48 Å². The molecule has 22 heteroatoms. The number of benzene rings is 1. The van der Waals surface area contributed by atoms with E-state index in [4.69, 9.17) is 5.11 Å². The van der Waals surface area contributed by atoms with Crippen LogP contribution in [0.25, 0.3) is 0 Å². The van der Waals surface area contributed by atoms with Crippen LogP contribution < -0.4 is 16.1 Å². The summed E-state index contributed by atoms with van der Waals surface area (Å²) in [4.78, 5) is 91.9. The molecule has 20 nitrogen and oxygen atoms in total. The van der Waals surface area contributed by atoms with Gasteiger partial charge in [-0.05, 0) is 28.5 Å². The van der Waals surface area contributed by atoms with Crippen LogP contribution in [0.2, 0.25) is 0 Å². The molecule has 2 fully saturated rings. The summed E-state index contributed by atoms with van der Waals surface area (Å²) in [7, 11) is 0. The van der Waals surface area contributed by atoms with Crippen molar-refractivity contribution in [2.75, 3.05) is 31.1 Å². The van der Waals surface area contributed by atoms with Crippen molar-refractivity contribution < 1.29 is 49.0 Å². The lowest BCUT2D eigenvalue weighted by Gasteiger charge is -2.56. The summed E-state index contributed by atoms with van der Waals surface area (Å²) < 4.78 is 1.01. The number of hydroxylamine groups is 1. The summed E-state index contributed by atoms with van der Waals surface area (Å²) in [5.41, 5.74) is -0.307. The Morgan fingerprint density at radius 3 is 2.48 bits per heavy atom. The van der Waals surface area contributed by atoms with Crippen molar-refractivity contribution in [3.05, 3.63) is 47.2 Å². The van der Waals surface area contributed by atoms with Crippen molar-refractivity contribution in [3.8, 4) is 0 Å². The molecule has 3 aliphatic heterocycles. The number of piperazine rings is 1. The first-order valence-corrected chi connectivity index (χ1v) is 16.2. The fraction of sp³-hybridized carbons (Fsp3) is 0.385. The van der Waals surface area contributed by atoms with Gasteiger partial charge in [0.25, 0.3) is 5.91 Å². The number of rotatable bonds is 12. The van der Waals surface area contributed by atoms with Crippen LogP contribution in [0.5, 0.6) is 0 Å². The molecule has 1 aromatic carbocycles. The smallest absolute Gasteiger partial charge is 0.352 e. The van der Waals surface area contributed by atoms with Crippen LogP contribution in [0.1, 0.15) is 18.5 Å². The lowest BCUT2D eigenvalue weighted by Crippen LogP contribution is -2.85. The van der Waals surface area contributed by atoms with Gasteiger partial charge in [0.15, 0.2) is 0 Å². The molecule has 0 radical (unpaired) electrons. The highest BCUT2D eigenvalue weighted by Crippen LogP contribution is 2.46. The van der Waals surface area contributed by atoms with Crippen LogP contribution in [-0.4, -0.2) is 134 Å². The number of β-lactam (4-membered cyclic amide) rings is 1. The maximum atomic E-state index is 13.8. The average Bonchev–Trinajstić information content (AvgIpc) is 3.51. The molecule has 48 heavy (non-hydrogen) atoms. The van der Waals surface area contributed by atoms with E-state index in [0.29, 0.717) is 4.90 Å². The number of hydrogen-bond acceptors (Lipinski definition) is 14. The van der Waals surface area contributed by atoms with Gasteiger partial charge in [-0.15, -0.1) is 16.9 Å². The van der Waals surface area contributed by atoms with E-state index in [9.17, 15) is 43.9 Å². The van der Waals surface area contributed by atoms with Crippen molar-refractivity contribution in [1.29, 1.82) is 0 Å². The fourth-order valence-electron chi connectivity index (χ4n) is 5.24. The second-order valence-electron chi connectivity index (χ2n) is 10.4. The van der Waals surface area contributed by atoms with Crippen LogP contribution >= 0.6 is 23.5 Å². The summed E-state index contributed by atoms with van der Waals surface area (Å²) in [6.07, 6.45) is 0. The number of aromatic nitrogens is 4. The number of nitrogens with one attached hydrogen (secondary N) is 3. The Kier molecular flexibility index (Phi) is 9.98. The van der Waals surface area contributed by atoms with E-state index in [1.165, 1.54) is 17.0 Å². The molecule has 2 aromatic rings. The van der Waals surface area contributed by atoms with Gasteiger partial charge in [0.2, 0.25) is 16.7 Å². The number of thioether (sulfide) groups is 2. The van der Waals surface area contributed by atoms with E-state index in [-0.39, 0.29) is 47.4 Å². The van der Waals surface area contributed by atoms with Gasteiger partial charge in [-0.2, -0.15) is 5.48 Å². The van der Waals surface area contributed by atoms with Crippen LogP contribution in [0.15, 0.2) is 46.8 Å². The van der Waals surface area contributed by atoms with Crippen LogP contribution in [0, 0.1) is 0 Å². The fourth-order valence-corrected chi connectivity index (χ4v) is 7.67. The predicted molar refractivity (Wildman–Crippen MR) is 161 cm³/mol. The van der Waals surface area contributed by atoms with Crippen LogP contribution in [0.4, 0.5) is 4.79 Å². The van der Waals surface area contributed by atoms with E-state index in [1.54, 1.807) is 25.1 Å². The number of aliphatic carboxylic acids is 2. The second-order valence-corrected chi connectivity index (χ2v) is 12.5. The number of tetrazole rings is 1. The van der Waals surface area contributed by atoms with Crippen molar-refractivity contribution in [1.82, 2.24) is 51.0 Å². The number of hydrogen-bond donors (Lipinski definition) is 6. The zero-order chi connectivity index (χ0) is 34.7. The van der Waals surface area contributed by atoms with Gasteiger partial charge in [0.05, 0.1) is 0 Å². The normalized spacial score (nSPS) is 21.4. The highest BCUT2D eigenvalue weighted by Gasteiger charge is 2.66. The molecule has 2 saturated heterocycles. The van der Waals surface area contributed by atoms with Gasteiger partial charge >= 0.3 is 29.8 Å². The average molecular weight is 705 g/mol. The topological polar surface area (TPSA) is 270 Å². The molecule has 1 unspecified atom stereocenters. The molecule has 3 aliphatic rings. The molecule has 0 saturated carbocycles. The minimum Gasteiger partial charge on any atom is -0.480 e. The molecule has 3 atom stereocenters. The summed E-state index contributed by atoms with van der Waals surface area (Å²) in [6, 6.07) is 5.23. The summed E-state index contributed by atoms with van der Waals surface area (Å²) in [5.74, 6) is -6.66. The number of carboxylic acids is 2. The van der Waals surface area contributed by atoms with E-state index < -0.39 is 70.9 Å². The lowest BCUT2D eigenvalue weighted by atomic mass is 9.94. The summed E-state index contributed by atoms with van der Waals surface area (Å²) in [6.45, 7) is 1.39. The third-order valence-electron chi connectivity index (χ3n) is 7.61. The Labute approximate surface area is 278 Å². The van der Waals surface area contributed by atoms with Crippen LogP contribution in [-0.2, 0) is 35.3 Å². The maximum absolute atomic E-state index is 13.8. The van der Waals surface area contributed by atoms with Crippen molar-refractivity contribution >= 4 is 65.1 Å². The Morgan fingerprint density at radius 1 is 1.10 bits per heavy atom. The molecule has 0 spiro atoms. The molecule has 6 N–H and O–H groups in total. The quantitative estimate of drug-likeness (QED) is 0.0460. The Hall–Kier alpha value is -5.06. The Bertz CT molecular complexity index is 1700. The van der Waals surface area contributed by atoms with Gasteiger partial charge in [-0.3, -0.25) is 33.8 Å². The molecular formula is C26H28N10O10S2. The molecular weight excluding hydrogens is 676 g/mol. The standard InChI is InChI=1S/C26H28N10O10S2/c1-2-33-8-9-34(20(41)19(33)40)24(45)27-16(13-6-4-3-5-7-13)18(39)28-26(30-46)22(44)36-17(21(42)43)14(11-47-23(26)36)12-48-25-29-31-32-35(25)10-15(37)38/h3-7,16,23,30,46H,2,8-12H2,1H3,(H,27,45)(H,28,39)(H,37,38)(H,42,43)/t16?,23-,26+/m1/s1. The maximum Gasteiger partial charge on any atom is 0.352 e. The molecule has 0 bridgehead atoms. The Morgan fingerprint density at radius 2 is 1.83 bits per heavy atom. The summed E-state index contributed by atoms with van der Waals surface area (Å²) in [5, 5.41) is 43.9. The third-order valence-corrected chi connectivity index (χ3v) is 10.0. The number of nitrogens with zero attached hydrogens (tertiary/aromatic N) is 7. The minimum absolute atomic E-state index is 0.0155. The number of imide groups is 1. The van der Waals surface area contributed by atoms with E-state index in [0.717, 1.165) is 33.1 Å². The SMILES string of the molecule is CCN1CCN(C(=O)NC(C(=O)N[C@]2(NO)C(=O)N3C(C(=O)O)=C(CSc4nnnn4CC(=O)O)CS[C@@H]32)c2ccccc2)C(=O)C1=O. The van der Waals surface area contributed by atoms with Crippen molar-refractivity contribution in [2.45, 2.75) is 35.7 Å². The largest absolute Gasteiger partial charge is 0.480 e. The first-order chi connectivity index (χ1) is 22.9. The molecule has 1 aromatic heterocycles.